The molecule has 5 heterocycles. The van der Waals surface area contributed by atoms with Gasteiger partial charge in [0.05, 0.1) is 62.7 Å². The Balaban J connectivity index is 0.000000179. The Labute approximate surface area is 419 Å². The molecule has 6 aliphatic rings. The van der Waals surface area contributed by atoms with Crippen LogP contribution in [0.15, 0.2) is 48.8 Å². The first-order chi connectivity index (χ1) is 34.9. The molecule has 392 valence electrons. The fourth-order valence-electron chi connectivity index (χ4n) is 9.41. The molecule has 73 heavy (non-hydrogen) atoms. The fraction of sp³-hybridized carbons (Fsp3) is 0.510. The van der Waals surface area contributed by atoms with Gasteiger partial charge in [-0.15, -0.1) is 0 Å². The monoisotopic (exact) mass is 1020 g/mol. The van der Waals surface area contributed by atoms with Gasteiger partial charge in [0.25, 0.3) is 17.7 Å². The Kier molecular flexibility index (Phi) is 15.7. The van der Waals surface area contributed by atoms with Gasteiger partial charge < -0.3 is 61.2 Å². The van der Waals surface area contributed by atoms with Crippen LogP contribution in [-0.2, 0) is 9.59 Å². The highest BCUT2D eigenvalue weighted by molar-refractivity contribution is 6.03. The molecule has 0 spiro atoms. The minimum atomic E-state index is -3.55. The molecule has 7 N–H and O–H groups in total. The van der Waals surface area contributed by atoms with Crippen LogP contribution in [0.25, 0.3) is 0 Å². The van der Waals surface area contributed by atoms with Crippen molar-refractivity contribution in [1.82, 2.24) is 30.6 Å². The van der Waals surface area contributed by atoms with Crippen LogP contribution in [0.4, 0.5) is 63.8 Å². The summed E-state index contributed by atoms with van der Waals surface area (Å²) in [5, 5.41) is 21.2. The van der Waals surface area contributed by atoms with Gasteiger partial charge in [0, 0.05) is 50.9 Å². The molecule has 3 amide bonds. The number of halogens is 4. The summed E-state index contributed by atoms with van der Waals surface area (Å²) in [6.45, 7) is 0.000406. The summed E-state index contributed by atoms with van der Waals surface area (Å²) < 4.78 is 69.6. The molecule has 3 aliphatic carbocycles. The summed E-state index contributed by atoms with van der Waals surface area (Å²) >= 11 is 0. The lowest BCUT2D eigenvalue weighted by atomic mass is 9.95. The summed E-state index contributed by atoms with van der Waals surface area (Å²) in [6.07, 6.45) is 13.3. The minimum Gasteiger partial charge on any atom is -0.495 e. The largest absolute Gasteiger partial charge is 0.495 e. The molecule has 2 aromatic heterocycles. The zero-order chi connectivity index (χ0) is 52.2. The van der Waals surface area contributed by atoms with E-state index in [9.17, 15) is 36.7 Å². The van der Waals surface area contributed by atoms with Gasteiger partial charge in [-0.2, -0.15) is 27.5 Å². The van der Waals surface area contributed by atoms with E-state index in [4.69, 9.17) is 20.3 Å². The number of methoxy groups -OCH3 is 2. The van der Waals surface area contributed by atoms with E-state index >= 15 is 0 Å². The molecule has 0 radical (unpaired) electrons. The number of hydrogen-bond acceptors (Lipinski definition) is 16. The molecule has 24 heteroatoms. The van der Waals surface area contributed by atoms with E-state index in [-0.39, 0.29) is 70.3 Å². The van der Waals surface area contributed by atoms with Crippen molar-refractivity contribution >= 4 is 70.0 Å². The van der Waals surface area contributed by atoms with E-state index in [1.807, 2.05) is 0 Å². The second kappa shape index (κ2) is 22.0. The smallest absolute Gasteiger partial charge is 0.342 e. The van der Waals surface area contributed by atoms with Crippen LogP contribution < -0.4 is 56.1 Å². The summed E-state index contributed by atoms with van der Waals surface area (Å²) in [5.74, 6) is -9.49. The molecule has 0 unspecified atom stereocenters. The number of amides is 3. The van der Waals surface area contributed by atoms with Gasteiger partial charge >= 0.3 is 17.8 Å². The molecule has 10 rings (SSSR count). The van der Waals surface area contributed by atoms with Crippen molar-refractivity contribution in [3.63, 3.8) is 0 Å². The second-order valence-corrected chi connectivity index (χ2v) is 19.0. The topological polar surface area (TPSA) is 246 Å². The van der Waals surface area contributed by atoms with Crippen molar-refractivity contribution in [3.05, 3.63) is 59.9 Å². The van der Waals surface area contributed by atoms with Gasteiger partial charge in [0.15, 0.2) is 11.6 Å². The van der Waals surface area contributed by atoms with Gasteiger partial charge in [-0.1, -0.05) is 32.1 Å². The lowest BCUT2D eigenvalue weighted by Crippen LogP contribution is -2.56. The molecule has 4 aromatic rings. The number of hydrogen-bond donors (Lipinski definition) is 6. The Morgan fingerprint density at radius 1 is 0.699 bits per heavy atom. The highest BCUT2D eigenvalue weighted by atomic mass is 19.3. The van der Waals surface area contributed by atoms with Gasteiger partial charge in [0.2, 0.25) is 11.9 Å². The van der Waals surface area contributed by atoms with E-state index in [0.717, 1.165) is 74.3 Å². The molecule has 3 aliphatic heterocycles. The number of nitrogens with one attached hydrogen (secondary N) is 4. The molecular formula is C49H61F4N13O7. The number of benzene rings is 2. The van der Waals surface area contributed by atoms with Crippen molar-refractivity contribution in [2.45, 2.75) is 107 Å². The van der Waals surface area contributed by atoms with Crippen LogP contribution >= 0.6 is 0 Å². The SMILES string of the molecule is COc1cc(C(=O)NC2CNC2)ccc1Nc1ncc2c(n1)N(C1CCCC1)CC(F)(F)C(=O)N2C.COc1cc(C(=O)O)ccc1Nc1ncc2c(n1)N(C1CCCC1)CC(F)(F)C(=O)N2C.NC1CCC1. The van der Waals surface area contributed by atoms with Crippen LogP contribution in [0.5, 0.6) is 11.5 Å². The molecule has 3 saturated carbocycles. The number of aromatic nitrogens is 4. The molecule has 0 bridgehead atoms. The third kappa shape index (κ3) is 11.6. The average Bonchev–Trinajstić information content (AvgIpc) is 4.09. The molecule has 20 nitrogen and oxygen atoms in total. The number of ether oxygens (including phenoxy) is 2. The standard InChI is InChI=1S/C24H29F2N7O3.C21H23F2N5O4.C4H9N/c1-32-18-12-28-23(31-20(18)33(16-5-3-4-6-16)13-24(25,26)22(32)35)30-17-8-7-14(9-19(17)36-2)21(34)29-15-10-27-11-15;1-27-15-10-24-20(25-14-8-7-12(18(29)30)9-16(14)32-2)26-17(15)28(13-5-3-4-6-13)11-21(22,23)19(27)31;5-4-2-1-3-4/h7-9,12,15-16,27H,3-6,10-11,13H2,1-2H3,(H,29,34)(H,28,30,31);7-10,13H,3-6,11H2,1-2H3,(H,29,30)(H,24,25,26);4H,1-3,5H2. The molecule has 1 saturated heterocycles. The van der Waals surface area contributed by atoms with E-state index < -0.39 is 42.7 Å². The number of fused-ring (bicyclic) bond motifs is 2. The zero-order valence-electron chi connectivity index (χ0n) is 41.1. The summed E-state index contributed by atoms with van der Waals surface area (Å²) in [4.78, 5) is 70.9. The predicted octanol–water partition coefficient (Wildman–Crippen LogP) is 6.08. The van der Waals surface area contributed by atoms with E-state index in [2.05, 4.69) is 41.2 Å². The third-order valence-electron chi connectivity index (χ3n) is 13.9. The minimum absolute atomic E-state index is 0.0463. The van der Waals surface area contributed by atoms with Crippen LogP contribution in [0, 0.1) is 0 Å². The number of carbonyl (C=O) groups excluding carboxylic acids is 3. The molecule has 0 atom stereocenters. The lowest BCUT2D eigenvalue weighted by Gasteiger charge is -2.31. The summed E-state index contributed by atoms with van der Waals surface area (Å²) in [6, 6.07) is 9.61. The van der Waals surface area contributed by atoms with Crippen molar-refractivity contribution < 1.29 is 51.3 Å². The zero-order valence-corrected chi connectivity index (χ0v) is 41.1. The molecule has 2 aromatic carbocycles. The van der Waals surface area contributed by atoms with Crippen LogP contribution in [0.1, 0.15) is 91.3 Å². The first kappa shape index (κ1) is 52.2. The lowest BCUT2D eigenvalue weighted by molar-refractivity contribution is -0.141. The van der Waals surface area contributed by atoms with Crippen molar-refractivity contribution in [1.29, 1.82) is 0 Å². The summed E-state index contributed by atoms with van der Waals surface area (Å²) in [5.41, 5.74) is 7.23. The normalized spacial score (nSPS) is 19.6. The number of nitrogens with two attached hydrogens (primary N) is 1. The Morgan fingerprint density at radius 3 is 1.49 bits per heavy atom. The second-order valence-electron chi connectivity index (χ2n) is 19.0. The highest BCUT2D eigenvalue weighted by Gasteiger charge is 2.50. The number of rotatable bonds is 11. The molecular weight excluding hydrogens is 959 g/mol. The Morgan fingerprint density at radius 2 is 1.12 bits per heavy atom. The highest BCUT2D eigenvalue weighted by Crippen LogP contribution is 2.42. The van der Waals surface area contributed by atoms with E-state index in [1.165, 1.54) is 83.1 Å². The number of aromatic carboxylic acids is 1. The van der Waals surface area contributed by atoms with Gasteiger partial charge in [0.1, 0.15) is 22.9 Å². The van der Waals surface area contributed by atoms with Gasteiger partial charge in [-0.05, 0) is 74.9 Å². The third-order valence-corrected chi connectivity index (χ3v) is 13.9. The average molecular weight is 1020 g/mol. The molecule has 4 fully saturated rings. The van der Waals surface area contributed by atoms with Crippen LogP contribution in [0.3, 0.4) is 0 Å². The number of alkyl halides is 4. The fourth-order valence-corrected chi connectivity index (χ4v) is 9.41. The Bertz CT molecular complexity index is 2680. The maximum Gasteiger partial charge on any atom is 0.342 e. The number of anilines is 8. The van der Waals surface area contributed by atoms with E-state index in [1.54, 1.807) is 23.1 Å². The van der Waals surface area contributed by atoms with Gasteiger partial charge in [-0.25, -0.2) is 14.8 Å². The van der Waals surface area contributed by atoms with E-state index in [0.29, 0.717) is 28.7 Å². The summed E-state index contributed by atoms with van der Waals surface area (Å²) in [7, 11) is 5.49. The van der Waals surface area contributed by atoms with Crippen LogP contribution in [0.2, 0.25) is 0 Å². The quantitative estimate of drug-likeness (QED) is 0.0933. The number of carboxylic acids is 1. The number of carbonyl (C=O) groups is 4. The first-order valence-corrected chi connectivity index (χ1v) is 24.4. The van der Waals surface area contributed by atoms with Crippen LogP contribution in [-0.4, -0.2) is 139 Å². The van der Waals surface area contributed by atoms with Crippen molar-refractivity contribution in [3.8, 4) is 11.5 Å². The van der Waals surface area contributed by atoms with Crippen molar-refractivity contribution in [2.75, 3.05) is 84.7 Å². The number of nitrogens with zero attached hydrogens (tertiary/aromatic N) is 8. The number of carboxylic acid groups (broad SMARTS) is 1. The van der Waals surface area contributed by atoms with Gasteiger partial charge in [-0.3, -0.25) is 14.4 Å². The Hall–Kier alpha value is -7.08. The maximum atomic E-state index is 14.8. The predicted molar refractivity (Wildman–Crippen MR) is 265 cm³/mol. The maximum absolute atomic E-state index is 14.8. The van der Waals surface area contributed by atoms with Crippen molar-refractivity contribution in [2.24, 2.45) is 5.73 Å². The first-order valence-electron chi connectivity index (χ1n) is 24.4.